The van der Waals surface area contributed by atoms with Gasteiger partial charge in [0.25, 0.3) is 0 Å². The Morgan fingerprint density at radius 1 is 1.73 bits per heavy atom. The standard InChI is InChI=1S/C7H13NO3/c9-3-1-8-2-4-11-6-7(8)5-10/h3,7,10H,1-2,4-6H2. The Balaban J connectivity index is 2.37. The maximum atomic E-state index is 10.2. The van der Waals surface area contributed by atoms with Gasteiger partial charge < -0.3 is 14.6 Å². The molecule has 0 radical (unpaired) electrons. The maximum absolute atomic E-state index is 10.2. The predicted molar refractivity (Wildman–Crippen MR) is 39.3 cm³/mol. The van der Waals surface area contributed by atoms with Gasteiger partial charge in [-0.1, -0.05) is 0 Å². The zero-order chi connectivity index (χ0) is 8.10. The molecule has 1 N–H and O–H groups in total. The van der Waals surface area contributed by atoms with Gasteiger partial charge >= 0.3 is 0 Å². The summed E-state index contributed by atoms with van der Waals surface area (Å²) in [7, 11) is 0. The molecule has 0 spiro atoms. The number of aldehydes is 1. The van der Waals surface area contributed by atoms with E-state index in [1.165, 1.54) is 0 Å². The lowest BCUT2D eigenvalue weighted by molar-refractivity contribution is -0.111. The van der Waals surface area contributed by atoms with Crippen LogP contribution in [0.1, 0.15) is 0 Å². The molecule has 1 unspecified atom stereocenters. The van der Waals surface area contributed by atoms with Gasteiger partial charge in [-0.25, -0.2) is 0 Å². The first-order valence-electron chi connectivity index (χ1n) is 3.74. The van der Waals surface area contributed by atoms with Crippen molar-refractivity contribution in [3.8, 4) is 0 Å². The number of carbonyl (C=O) groups is 1. The molecule has 1 fully saturated rings. The minimum atomic E-state index is 0.00829. The van der Waals surface area contributed by atoms with E-state index < -0.39 is 0 Å². The van der Waals surface area contributed by atoms with Gasteiger partial charge in [0.05, 0.1) is 32.4 Å². The second kappa shape index (κ2) is 4.43. The number of hydrogen-bond acceptors (Lipinski definition) is 4. The Hall–Kier alpha value is -0.450. The van der Waals surface area contributed by atoms with Crippen LogP contribution in [-0.2, 0) is 9.53 Å². The Labute approximate surface area is 65.8 Å². The second-order valence-electron chi connectivity index (χ2n) is 2.57. The third kappa shape index (κ3) is 2.25. The van der Waals surface area contributed by atoms with E-state index in [1.54, 1.807) is 0 Å². The van der Waals surface area contributed by atoms with Gasteiger partial charge in [0.2, 0.25) is 0 Å². The molecule has 64 valence electrons. The molecule has 4 heteroatoms. The van der Waals surface area contributed by atoms with Gasteiger partial charge in [-0.15, -0.1) is 0 Å². The molecule has 1 aliphatic heterocycles. The van der Waals surface area contributed by atoms with E-state index in [2.05, 4.69) is 0 Å². The van der Waals surface area contributed by atoms with E-state index in [9.17, 15) is 4.79 Å². The van der Waals surface area contributed by atoms with Crippen molar-refractivity contribution in [1.29, 1.82) is 0 Å². The van der Waals surface area contributed by atoms with E-state index in [1.807, 2.05) is 4.90 Å². The fourth-order valence-corrected chi connectivity index (χ4v) is 1.19. The zero-order valence-corrected chi connectivity index (χ0v) is 6.40. The van der Waals surface area contributed by atoms with Crippen LogP contribution in [0.15, 0.2) is 0 Å². The summed E-state index contributed by atoms with van der Waals surface area (Å²) in [5, 5.41) is 8.85. The molecule has 0 bridgehead atoms. The average Bonchev–Trinajstić information content (AvgIpc) is 2.06. The number of nitrogens with zero attached hydrogens (tertiary/aromatic N) is 1. The number of aliphatic hydroxyl groups excluding tert-OH is 1. The molecule has 0 amide bonds. The van der Waals surface area contributed by atoms with Gasteiger partial charge in [-0.3, -0.25) is 4.90 Å². The molecule has 0 saturated carbocycles. The molecule has 0 aromatic rings. The van der Waals surface area contributed by atoms with Crippen molar-refractivity contribution in [1.82, 2.24) is 4.90 Å². The lowest BCUT2D eigenvalue weighted by Gasteiger charge is -2.32. The highest BCUT2D eigenvalue weighted by Gasteiger charge is 2.20. The molecule has 1 atom stereocenters. The van der Waals surface area contributed by atoms with Crippen LogP contribution in [0.25, 0.3) is 0 Å². The lowest BCUT2D eigenvalue weighted by atomic mass is 10.2. The molecule has 0 aliphatic carbocycles. The van der Waals surface area contributed by atoms with Crippen molar-refractivity contribution in [2.24, 2.45) is 0 Å². The first-order chi connectivity index (χ1) is 5.38. The highest BCUT2D eigenvalue weighted by molar-refractivity contribution is 5.52. The Morgan fingerprint density at radius 3 is 3.18 bits per heavy atom. The number of aliphatic hydroxyl groups is 1. The number of carbonyl (C=O) groups excluding carboxylic acids is 1. The smallest absolute Gasteiger partial charge is 0.133 e. The topological polar surface area (TPSA) is 49.8 Å². The summed E-state index contributed by atoms with van der Waals surface area (Å²) in [6.07, 6.45) is 0.855. The summed E-state index contributed by atoms with van der Waals surface area (Å²) in [5.41, 5.74) is 0. The fraction of sp³-hybridized carbons (Fsp3) is 0.857. The summed E-state index contributed by atoms with van der Waals surface area (Å²) in [4.78, 5) is 12.1. The van der Waals surface area contributed by atoms with Gasteiger partial charge in [0.15, 0.2) is 0 Å². The number of ether oxygens (including phenoxy) is 1. The van der Waals surface area contributed by atoms with Crippen LogP contribution in [0, 0.1) is 0 Å². The van der Waals surface area contributed by atoms with Crippen LogP contribution in [0.5, 0.6) is 0 Å². The van der Waals surface area contributed by atoms with E-state index in [-0.39, 0.29) is 12.6 Å². The largest absolute Gasteiger partial charge is 0.395 e. The molecule has 11 heavy (non-hydrogen) atoms. The van der Waals surface area contributed by atoms with Crippen LogP contribution in [-0.4, -0.2) is 55.2 Å². The van der Waals surface area contributed by atoms with Crippen LogP contribution < -0.4 is 0 Å². The minimum Gasteiger partial charge on any atom is -0.395 e. The summed E-state index contributed by atoms with van der Waals surface area (Å²) in [6.45, 7) is 2.39. The Kier molecular flexibility index (Phi) is 3.48. The van der Waals surface area contributed by atoms with Gasteiger partial charge in [-0.2, -0.15) is 0 Å². The molecule has 1 saturated heterocycles. The van der Waals surface area contributed by atoms with Crippen molar-refractivity contribution in [3.63, 3.8) is 0 Å². The summed E-state index contributed by atoms with van der Waals surface area (Å²) in [5.74, 6) is 0. The van der Waals surface area contributed by atoms with Gasteiger partial charge in [0.1, 0.15) is 6.29 Å². The molecular formula is C7H13NO3. The molecule has 0 aromatic heterocycles. The molecule has 1 heterocycles. The predicted octanol–water partition coefficient (Wildman–Crippen LogP) is -1.12. The van der Waals surface area contributed by atoms with Crippen LogP contribution in [0.4, 0.5) is 0 Å². The highest BCUT2D eigenvalue weighted by atomic mass is 16.5. The van der Waals surface area contributed by atoms with Crippen LogP contribution >= 0.6 is 0 Å². The van der Waals surface area contributed by atoms with E-state index >= 15 is 0 Å². The summed E-state index contributed by atoms with van der Waals surface area (Å²) >= 11 is 0. The van der Waals surface area contributed by atoms with Crippen molar-refractivity contribution in [3.05, 3.63) is 0 Å². The van der Waals surface area contributed by atoms with E-state index in [0.717, 1.165) is 12.8 Å². The monoisotopic (exact) mass is 159 g/mol. The van der Waals surface area contributed by atoms with E-state index in [0.29, 0.717) is 19.8 Å². The SMILES string of the molecule is O=CCN1CCOCC1CO. The van der Waals surface area contributed by atoms with Crippen molar-refractivity contribution in [2.45, 2.75) is 6.04 Å². The molecule has 1 rings (SSSR count). The molecule has 4 nitrogen and oxygen atoms in total. The van der Waals surface area contributed by atoms with Crippen LogP contribution in [0.3, 0.4) is 0 Å². The second-order valence-corrected chi connectivity index (χ2v) is 2.57. The maximum Gasteiger partial charge on any atom is 0.133 e. The van der Waals surface area contributed by atoms with E-state index in [4.69, 9.17) is 9.84 Å². The quantitative estimate of drug-likeness (QED) is 0.530. The van der Waals surface area contributed by atoms with Crippen molar-refractivity contribution >= 4 is 6.29 Å². The van der Waals surface area contributed by atoms with Crippen LogP contribution in [0.2, 0.25) is 0 Å². The normalized spacial score (nSPS) is 26.8. The first kappa shape index (κ1) is 8.64. The molecular weight excluding hydrogens is 146 g/mol. The number of hydrogen-bond donors (Lipinski definition) is 1. The third-order valence-corrected chi connectivity index (χ3v) is 1.87. The van der Waals surface area contributed by atoms with Gasteiger partial charge in [-0.05, 0) is 0 Å². The highest BCUT2D eigenvalue weighted by Crippen LogP contribution is 2.04. The Morgan fingerprint density at radius 2 is 2.55 bits per heavy atom. The summed E-state index contributed by atoms with van der Waals surface area (Å²) in [6, 6.07) is 0.00829. The average molecular weight is 159 g/mol. The summed E-state index contributed by atoms with van der Waals surface area (Å²) < 4.78 is 5.13. The third-order valence-electron chi connectivity index (χ3n) is 1.87. The lowest BCUT2D eigenvalue weighted by Crippen LogP contribution is -2.48. The van der Waals surface area contributed by atoms with Crippen molar-refractivity contribution < 1.29 is 14.6 Å². The first-order valence-corrected chi connectivity index (χ1v) is 3.74. The van der Waals surface area contributed by atoms with Crippen molar-refractivity contribution in [2.75, 3.05) is 32.9 Å². The molecule has 0 aromatic carbocycles. The number of rotatable bonds is 3. The minimum absolute atomic E-state index is 0.00829. The number of morpholine rings is 1. The Bertz CT molecular complexity index is 129. The van der Waals surface area contributed by atoms with Gasteiger partial charge in [0, 0.05) is 6.54 Å². The zero-order valence-electron chi connectivity index (χ0n) is 6.40. The fourth-order valence-electron chi connectivity index (χ4n) is 1.19. The molecule has 1 aliphatic rings.